The molecule has 1 rings (SSSR count). The van der Waals surface area contributed by atoms with E-state index in [4.69, 9.17) is 0 Å². The number of hydrogen-bond acceptors (Lipinski definition) is 1. The van der Waals surface area contributed by atoms with Crippen molar-refractivity contribution in [1.82, 2.24) is 0 Å². The maximum atomic E-state index is 12.5. The van der Waals surface area contributed by atoms with E-state index in [-0.39, 0.29) is 10.8 Å². The third kappa shape index (κ3) is 2.50. The van der Waals surface area contributed by atoms with Gasteiger partial charge in [0.15, 0.2) is 0 Å². The summed E-state index contributed by atoms with van der Waals surface area (Å²) in [5.41, 5.74) is 0.836. The summed E-state index contributed by atoms with van der Waals surface area (Å²) in [5.74, 6) is 0.394. The number of carbonyl (C=O) groups is 1. The highest BCUT2D eigenvalue weighted by atomic mass is 16.1. The quantitative estimate of drug-likeness (QED) is 0.592. The van der Waals surface area contributed by atoms with Crippen molar-refractivity contribution in [2.75, 3.05) is 0 Å². The van der Waals surface area contributed by atoms with Gasteiger partial charge in [-0.3, -0.25) is 4.79 Å². The number of allylic oxidation sites excluding steroid dienone is 2. The molecule has 1 nitrogen and oxygen atoms in total. The van der Waals surface area contributed by atoms with Crippen LogP contribution in [-0.2, 0) is 4.79 Å². The van der Waals surface area contributed by atoms with Crippen molar-refractivity contribution in [3.05, 3.63) is 11.6 Å². The summed E-state index contributed by atoms with van der Waals surface area (Å²) in [6, 6.07) is 0. The smallest absolute Gasteiger partial charge is 0.148 e. The minimum Gasteiger partial charge on any atom is -0.298 e. The summed E-state index contributed by atoms with van der Waals surface area (Å²) in [5, 5.41) is 0. The molecule has 0 saturated heterocycles. The molecule has 0 aromatic carbocycles. The Bertz CT molecular complexity index is 280. The van der Waals surface area contributed by atoms with E-state index in [1.165, 1.54) is 18.4 Å². The molecule has 15 heavy (non-hydrogen) atoms. The topological polar surface area (TPSA) is 17.1 Å². The fourth-order valence-electron chi connectivity index (χ4n) is 2.48. The molecule has 0 heterocycles. The lowest BCUT2D eigenvalue weighted by Gasteiger charge is -2.34. The van der Waals surface area contributed by atoms with E-state index in [0.717, 1.165) is 12.8 Å². The molecule has 0 aromatic heterocycles. The first-order valence-corrected chi connectivity index (χ1v) is 6.00. The van der Waals surface area contributed by atoms with Crippen LogP contribution in [-0.4, -0.2) is 5.78 Å². The minimum absolute atomic E-state index is 0.214. The third-order valence-electron chi connectivity index (χ3n) is 3.63. The van der Waals surface area contributed by atoms with E-state index in [0.29, 0.717) is 5.78 Å². The highest BCUT2D eigenvalue weighted by Crippen LogP contribution is 2.41. The fourth-order valence-corrected chi connectivity index (χ4v) is 2.48. The monoisotopic (exact) mass is 208 g/mol. The molecule has 0 fully saturated rings. The van der Waals surface area contributed by atoms with Gasteiger partial charge in [0.2, 0.25) is 0 Å². The van der Waals surface area contributed by atoms with Gasteiger partial charge in [-0.2, -0.15) is 0 Å². The van der Waals surface area contributed by atoms with E-state index in [1.54, 1.807) is 0 Å². The third-order valence-corrected chi connectivity index (χ3v) is 3.63. The van der Waals surface area contributed by atoms with Crippen molar-refractivity contribution >= 4 is 5.78 Å². The molecule has 0 spiro atoms. The average molecular weight is 208 g/mol. The zero-order chi connectivity index (χ0) is 11.7. The van der Waals surface area contributed by atoms with E-state index < -0.39 is 0 Å². The van der Waals surface area contributed by atoms with E-state index in [2.05, 4.69) is 19.9 Å². The van der Waals surface area contributed by atoms with E-state index in [1.807, 2.05) is 20.8 Å². The Morgan fingerprint density at radius 1 is 1.33 bits per heavy atom. The Morgan fingerprint density at radius 3 is 2.47 bits per heavy atom. The van der Waals surface area contributed by atoms with Crippen LogP contribution in [0.5, 0.6) is 0 Å². The molecule has 86 valence electrons. The lowest BCUT2D eigenvalue weighted by Crippen LogP contribution is -2.37. The number of Topliss-reactive ketones (excluding diaryl/α,β-unsaturated/α-hetero) is 1. The fraction of sp³-hybridized carbons (Fsp3) is 0.786. The van der Waals surface area contributed by atoms with Gasteiger partial charge in [0, 0.05) is 10.8 Å². The van der Waals surface area contributed by atoms with Gasteiger partial charge in [0.05, 0.1) is 0 Å². The average Bonchev–Trinajstić information content (AvgIpc) is 2.28. The van der Waals surface area contributed by atoms with Gasteiger partial charge in [-0.25, -0.2) is 0 Å². The SMILES string of the molecule is CC1=CCCCCC1(C)C(=O)C(C)(C)C. The second-order valence-corrected chi connectivity index (χ2v) is 6.04. The van der Waals surface area contributed by atoms with Crippen LogP contribution in [0.15, 0.2) is 11.6 Å². The van der Waals surface area contributed by atoms with Crippen LogP contribution < -0.4 is 0 Å². The Morgan fingerprint density at radius 2 is 1.93 bits per heavy atom. The summed E-state index contributed by atoms with van der Waals surface area (Å²) in [4.78, 5) is 12.5. The van der Waals surface area contributed by atoms with Crippen molar-refractivity contribution < 1.29 is 4.79 Å². The standard InChI is InChI=1S/C14H24O/c1-11-9-7-6-8-10-14(11,5)12(15)13(2,3)4/h9H,6-8,10H2,1-5H3. The molecule has 0 radical (unpaired) electrons. The first-order valence-electron chi connectivity index (χ1n) is 6.00. The number of hydrogen-bond donors (Lipinski definition) is 0. The molecule has 1 unspecified atom stereocenters. The molecular weight excluding hydrogens is 184 g/mol. The van der Waals surface area contributed by atoms with Crippen molar-refractivity contribution in [2.24, 2.45) is 10.8 Å². The summed E-state index contributed by atoms with van der Waals surface area (Å²) in [6.07, 6.45) is 6.82. The molecule has 0 saturated carbocycles. The van der Waals surface area contributed by atoms with Crippen LogP contribution in [0.1, 0.15) is 60.3 Å². The molecule has 1 heteroatoms. The van der Waals surface area contributed by atoms with E-state index >= 15 is 0 Å². The number of ketones is 1. The molecule has 1 atom stereocenters. The molecule has 0 aromatic rings. The maximum Gasteiger partial charge on any atom is 0.148 e. The summed E-state index contributed by atoms with van der Waals surface area (Å²) in [6.45, 7) is 10.3. The lowest BCUT2D eigenvalue weighted by molar-refractivity contribution is -0.134. The molecule has 1 aliphatic carbocycles. The van der Waals surface area contributed by atoms with Gasteiger partial charge in [0.25, 0.3) is 0 Å². The minimum atomic E-state index is -0.228. The second kappa shape index (κ2) is 4.11. The van der Waals surface area contributed by atoms with Gasteiger partial charge in [0.1, 0.15) is 5.78 Å². The maximum absolute atomic E-state index is 12.5. The molecule has 1 aliphatic rings. The second-order valence-electron chi connectivity index (χ2n) is 6.04. The number of carbonyl (C=O) groups excluding carboxylic acids is 1. The van der Waals surface area contributed by atoms with Gasteiger partial charge >= 0.3 is 0 Å². The molecule has 0 aliphatic heterocycles. The van der Waals surface area contributed by atoms with Crippen LogP contribution >= 0.6 is 0 Å². The Hall–Kier alpha value is -0.590. The zero-order valence-electron chi connectivity index (χ0n) is 10.8. The van der Waals surface area contributed by atoms with Crippen molar-refractivity contribution in [3.63, 3.8) is 0 Å². The first kappa shape index (κ1) is 12.5. The zero-order valence-corrected chi connectivity index (χ0v) is 10.8. The van der Waals surface area contributed by atoms with Crippen molar-refractivity contribution in [3.8, 4) is 0 Å². The Labute approximate surface area is 93.9 Å². The summed E-state index contributed by atoms with van der Waals surface area (Å²) < 4.78 is 0. The molecule has 0 N–H and O–H groups in total. The molecular formula is C14H24O. The predicted molar refractivity (Wildman–Crippen MR) is 64.8 cm³/mol. The van der Waals surface area contributed by atoms with Crippen molar-refractivity contribution in [2.45, 2.75) is 60.3 Å². The summed E-state index contributed by atoms with van der Waals surface area (Å²) in [7, 11) is 0. The first-order chi connectivity index (χ1) is 6.78. The van der Waals surface area contributed by atoms with Crippen LogP contribution in [0, 0.1) is 10.8 Å². The van der Waals surface area contributed by atoms with Crippen LogP contribution in [0.3, 0.4) is 0 Å². The van der Waals surface area contributed by atoms with Gasteiger partial charge in [-0.1, -0.05) is 38.8 Å². The van der Waals surface area contributed by atoms with Gasteiger partial charge in [-0.05, 0) is 33.1 Å². The summed E-state index contributed by atoms with van der Waals surface area (Å²) >= 11 is 0. The normalized spacial score (nSPS) is 28.2. The highest BCUT2D eigenvalue weighted by Gasteiger charge is 2.40. The van der Waals surface area contributed by atoms with Crippen molar-refractivity contribution in [1.29, 1.82) is 0 Å². The van der Waals surface area contributed by atoms with Gasteiger partial charge < -0.3 is 0 Å². The highest BCUT2D eigenvalue weighted by molar-refractivity contribution is 5.91. The van der Waals surface area contributed by atoms with Crippen LogP contribution in [0.25, 0.3) is 0 Å². The Balaban J connectivity index is 3.03. The molecule has 0 amide bonds. The Kier molecular flexibility index (Phi) is 3.42. The predicted octanol–water partition coefficient (Wildman–Crippen LogP) is 4.13. The van der Waals surface area contributed by atoms with Crippen LogP contribution in [0.4, 0.5) is 0 Å². The van der Waals surface area contributed by atoms with Gasteiger partial charge in [-0.15, -0.1) is 0 Å². The van der Waals surface area contributed by atoms with E-state index in [9.17, 15) is 4.79 Å². The largest absolute Gasteiger partial charge is 0.298 e. The number of rotatable bonds is 1. The van der Waals surface area contributed by atoms with Crippen LogP contribution in [0.2, 0.25) is 0 Å². The lowest BCUT2D eigenvalue weighted by atomic mass is 9.68. The molecule has 0 bridgehead atoms.